The fourth-order valence-electron chi connectivity index (χ4n) is 7.63. The zero-order valence-electron chi connectivity index (χ0n) is 19.5. The largest absolute Gasteiger partial charge is 0.458 e. The molecule has 6 atom stereocenters. The van der Waals surface area contributed by atoms with Gasteiger partial charge in [-0.3, -0.25) is 4.79 Å². The molecule has 0 aromatic carbocycles. The van der Waals surface area contributed by atoms with Crippen LogP contribution in [0.25, 0.3) is 0 Å². The van der Waals surface area contributed by atoms with Gasteiger partial charge in [0.2, 0.25) is 5.60 Å². The number of cyclic esters (lactones) is 2. The van der Waals surface area contributed by atoms with Crippen LogP contribution >= 0.6 is 0 Å². The second-order valence-corrected chi connectivity index (χ2v) is 11.0. The fraction of sp³-hybridized carbons (Fsp3) is 0.640. The van der Waals surface area contributed by atoms with Crippen LogP contribution in [0, 0.1) is 16.2 Å². The maximum atomic E-state index is 13.6. The third-order valence-corrected chi connectivity index (χ3v) is 9.55. The summed E-state index contributed by atoms with van der Waals surface area (Å²) < 4.78 is 17.1. The summed E-state index contributed by atoms with van der Waals surface area (Å²) in [6.45, 7) is 15.2. The van der Waals surface area contributed by atoms with Gasteiger partial charge < -0.3 is 19.3 Å². The molecule has 5 aliphatic rings. The Bertz CT molecular complexity index is 1080. The van der Waals surface area contributed by atoms with Crippen molar-refractivity contribution >= 4 is 17.9 Å². The lowest BCUT2D eigenvalue weighted by Crippen LogP contribution is -2.75. The van der Waals surface area contributed by atoms with Crippen molar-refractivity contribution in [1.82, 2.24) is 0 Å². The lowest BCUT2D eigenvalue weighted by atomic mass is 9.38. The number of aliphatic hydroxyl groups is 1. The van der Waals surface area contributed by atoms with Gasteiger partial charge in [-0.15, -0.1) is 0 Å². The molecule has 2 bridgehead atoms. The highest BCUT2D eigenvalue weighted by atomic mass is 16.6. The minimum atomic E-state index is -2.17. The average Bonchev–Trinajstić information content (AvgIpc) is 2.89. The summed E-state index contributed by atoms with van der Waals surface area (Å²) in [5, 5.41) is 11.8. The summed E-state index contributed by atoms with van der Waals surface area (Å²) in [5.41, 5.74) is -5.02. The zero-order valence-corrected chi connectivity index (χ0v) is 19.5. The molecule has 1 saturated carbocycles. The van der Waals surface area contributed by atoms with Crippen LogP contribution in [-0.2, 0) is 28.6 Å². The molecule has 0 amide bonds. The molecule has 0 unspecified atom stereocenters. The molecule has 3 aliphatic heterocycles. The predicted molar refractivity (Wildman–Crippen MR) is 113 cm³/mol. The Balaban J connectivity index is 1.85. The Hall–Kier alpha value is -2.41. The van der Waals surface area contributed by atoms with E-state index in [1.165, 1.54) is 13.0 Å². The van der Waals surface area contributed by atoms with Gasteiger partial charge in [-0.05, 0) is 53.0 Å². The van der Waals surface area contributed by atoms with Gasteiger partial charge in [0, 0.05) is 23.3 Å². The van der Waals surface area contributed by atoms with E-state index >= 15 is 0 Å². The number of hydrogen-bond acceptors (Lipinski definition) is 7. The van der Waals surface area contributed by atoms with Crippen LogP contribution in [0.1, 0.15) is 60.8 Å². The summed E-state index contributed by atoms with van der Waals surface area (Å²) in [6, 6.07) is 0. The Labute approximate surface area is 187 Å². The first-order valence-corrected chi connectivity index (χ1v) is 11.1. The average molecular weight is 443 g/mol. The highest BCUT2D eigenvalue weighted by molar-refractivity contribution is 6.01. The molecule has 0 radical (unpaired) electrons. The minimum absolute atomic E-state index is 0.346. The number of hydrogen-bond donors (Lipinski definition) is 1. The summed E-state index contributed by atoms with van der Waals surface area (Å²) in [6.07, 6.45) is 3.68. The molecule has 2 aliphatic carbocycles. The quantitative estimate of drug-likeness (QED) is 0.350. The van der Waals surface area contributed by atoms with Gasteiger partial charge in [-0.25, -0.2) is 9.59 Å². The van der Waals surface area contributed by atoms with E-state index in [0.717, 1.165) is 11.1 Å². The predicted octanol–water partition coefficient (Wildman–Crippen LogP) is 2.92. The van der Waals surface area contributed by atoms with Gasteiger partial charge in [-0.2, -0.15) is 0 Å². The Kier molecular flexibility index (Phi) is 3.72. The van der Waals surface area contributed by atoms with Crippen LogP contribution in [0.15, 0.2) is 35.5 Å². The monoisotopic (exact) mass is 442 g/mol. The van der Waals surface area contributed by atoms with Gasteiger partial charge in [0.05, 0.1) is 0 Å². The summed E-state index contributed by atoms with van der Waals surface area (Å²) >= 11 is 0. The number of carbonyl (C=O) groups excluding carboxylic acids is 3. The third-order valence-electron chi connectivity index (χ3n) is 9.55. The molecule has 3 heterocycles. The molecule has 5 rings (SSSR count). The van der Waals surface area contributed by atoms with Crippen LogP contribution in [0.5, 0.6) is 0 Å². The molecular weight excluding hydrogens is 412 g/mol. The van der Waals surface area contributed by atoms with Crippen molar-refractivity contribution < 1.29 is 33.7 Å². The third kappa shape index (κ3) is 1.85. The van der Waals surface area contributed by atoms with E-state index in [4.69, 9.17) is 14.2 Å². The molecule has 7 heteroatoms. The van der Waals surface area contributed by atoms with Crippen molar-refractivity contribution in [2.75, 3.05) is 0 Å². The van der Waals surface area contributed by atoms with E-state index in [1.807, 2.05) is 33.8 Å². The number of ether oxygens (including phenoxy) is 3. The van der Waals surface area contributed by atoms with E-state index < -0.39 is 51.1 Å². The molecule has 2 saturated heterocycles. The normalized spacial score (nSPS) is 48.8. The van der Waals surface area contributed by atoms with Crippen LogP contribution in [0.2, 0.25) is 0 Å². The summed E-state index contributed by atoms with van der Waals surface area (Å²) in [5.74, 6) is -1.85. The first kappa shape index (κ1) is 21.4. The molecule has 0 aromatic rings. The standard InChI is InChI=1S/C25H30O7/c1-13-16-12-22(7)14(2)24(18(27)30-15(3)25(24,29)19(28)32-22)21(16,6)10-11-23(13)9-8-17(26)31-20(23,4)5/h8-9,15,29H,2,10-12H2,1,3-7H3/t15-,21+,22-,23-,24+,25-/m0/s1. The van der Waals surface area contributed by atoms with E-state index in [9.17, 15) is 19.5 Å². The summed E-state index contributed by atoms with van der Waals surface area (Å²) in [7, 11) is 0. The first-order chi connectivity index (χ1) is 14.6. The molecule has 32 heavy (non-hydrogen) atoms. The molecular formula is C25H30O7. The van der Waals surface area contributed by atoms with E-state index in [2.05, 4.69) is 6.58 Å². The van der Waals surface area contributed by atoms with Gasteiger partial charge >= 0.3 is 17.9 Å². The molecule has 7 nitrogen and oxygen atoms in total. The Morgan fingerprint density at radius 1 is 1.06 bits per heavy atom. The molecule has 2 spiro atoms. The van der Waals surface area contributed by atoms with Crippen molar-refractivity contribution in [1.29, 1.82) is 0 Å². The minimum Gasteiger partial charge on any atom is -0.458 e. The van der Waals surface area contributed by atoms with Crippen LogP contribution < -0.4 is 0 Å². The maximum Gasteiger partial charge on any atom is 0.344 e. The van der Waals surface area contributed by atoms with Crippen LogP contribution in [0.3, 0.4) is 0 Å². The fourth-order valence-corrected chi connectivity index (χ4v) is 7.63. The maximum absolute atomic E-state index is 13.6. The van der Waals surface area contributed by atoms with Crippen molar-refractivity contribution in [3.05, 3.63) is 35.5 Å². The number of carbonyl (C=O) groups is 3. The first-order valence-electron chi connectivity index (χ1n) is 11.1. The lowest BCUT2D eigenvalue weighted by Gasteiger charge is -2.66. The SMILES string of the molecule is C=C1[C@]23C(=O)O[C@@H](C)[C@]2(O)C(=O)O[C@@]1(C)CC1=C(C)[C@]2(C=CC(=O)OC2(C)C)CC[C@]13C. The molecule has 172 valence electrons. The lowest BCUT2D eigenvalue weighted by molar-refractivity contribution is -0.227. The number of fused-ring (bicyclic) bond motifs is 2. The van der Waals surface area contributed by atoms with Gasteiger partial charge in [0.1, 0.15) is 22.7 Å². The smallest absolute Gasteiger partial charge is 0.344 e. The van der Waals surface area contributed by atoms with Gasteiger partial charge in [0.25, 0.3) is 0 Å². The van der Waals surface area contributed by atoms with Gasteiger partial charge in [0.15, 0.2) is 0 Å². The van der Waals surface area contributed by atoms with E-state index in [1.54, 1.807) is 6.92 Å². The summed E-state index contributed by atoms with van der Waals surface area (Å²) in [4.78, 5) is 38.8. The van der Waals surface area contributed by atoms with Crippen molar-refractivity contribution in [3.8, 4) is 0 Å². The Morgan fingerprint density at radius 2 is 1.72 bits per heavy atom. The van der Waals surface area contributed by atoms with Crippen LogP contribution in [0.4, 0.5) is 0 Å². The molecule has 1 N–H and O–H groups in total. The number of rotatable bonds is 0. The topological polar surface area (TPSA) is 99.1 Å². The highest BCUT2D eigenvalue weighted by Gasteiger charge is 2.85. The Morgan fingerprint density at radius 3 is 2.34 bits per heavy atom. The van der Waals surface area contributed by atoms with Crippen molar-refractivity contribution in [3.63, 3.8) is 0 Å². The second-order valence-electron chi connectivity index (χ2n) is 11.0. The second kappa shape index (κ2) is 5.56. The zero-order chi connectivity index (χ0) is 23.7. The van der Waals surface area contributed by atoms with Gasteiger partial charge in [-0.1, -0.05) is 30.7 Å². The van der Waals surface area contributed by atoms with Crippen molar-refractivity contribution in [2.45, 2.75) is 83.7 Å². The molecule has 3 fully saturated rings. The van der Waals surface area contributed by atoms with Crippen molar-refractivity contribution in [2.24, 2.45) is 16.2 Å². The van der Waals surface area contributed by atoms with Crippen LogP contribution in [-0.4, -0.2) is 45.9 Å². The van der Waals surface area contributed by atoms with E-state index in [-0.39, 0.29) is 5.97 Å². The molecule has 0 aromatic heterocycles. The van der Waals surface area contributed by atoms with E-state index in [0.29, 0.717) is 24.8 Å². The number of esters is 3. The highest BCUT2D eigenvalue weighted by Crippen LogP contribution is 2.74.